The Morgan fingerprint density at radius 3 is 2.44 bits per heavy atom. The number of anilines is 1. The van der Waals surface area contributed by atoms with Gasteiger partial charge in [0.15, 0.2) is 0 Å². The van der Waals surface area contributed by atoms with Crippen LogP contribution in [0.1, 0.15) is 30.8 Å². The Labute approximate surface area is 108 Å². The molecular weight excluding hydrogens is 224 g/mol. The molecule has 0 amide bonds. The average molecular weight is 244 g/mol. The fraction of sp³-hybridized carbons (Fsp3) is 0.429. The third kappa shape index (κ3) is 2.70. The fourth-order valence-electron chi connectivity index (χ4n) is 1.98. The molecule has 0 bridgehead atoms. The van der Waals surface area contributed by atoms with Crippen LogP contribution in [0.4, 0.5) is 5.95 Å². The topological polar surface area (TPSA) is 42.7 Å². The second-order valence-electron chi connectivity index (χ2n) is 4.38. The molecule has 0 atom stereocenters. The molecule has 0 saturated heterocycles. The highest BCUT2D eigenvalue weighted by Crippen LogP contribution is 2.13. The van der Waals surface area contributed by atoms with E-state index in [0.717, 1.165) is 31.3 Å². The van der Waals surface area contributed by atoms with Crippen LogP contribution in [0.5, 0.6) is 0 Å². The van der Waals surface area contributed by atoms with Crippen LogP contribution in [0.3, 0.4) is 0 Å². The van der Waals surface area contributed by atoms with Crippen molar-refractivity contribution in [3.63, 3.8) is 0 Å². The zero-order valence-corrected chi connectivity index (χ0v) is 11.3. The van der Waals surface area contributed by atoms with E-state index in [-0.39, 0.29) is 0 Å². The zero-order valence-electron chi connectivity index (χ0n) is 11.3. The predicted octanol–water partition coefficient (Wildman–Crippen LogP) is 2.63. The Morgan fingerprint density at radius 1 is 1.11 bits per heavy atom. The quantitative estimate of drug-likeness (QED) is 0.879. The van der Waals surface area contributed by atoms with E-state index in [1.807, 2.05) is 0 Å². The minimum Gasteiger partial charge on any atom is -0.355 e. The fourth-order valence-corrected chi connectivity index (χ4v) is 1.98. The van der Waals surface area contributed by atoms with E-state index in [0.29, 0.717) is 0 Å². The van der Waals surface area contributed by atoms with E-state index < -0.39 is 0 Å². The van der Waals surface area contributed by atoms with E-state index >= 15 is 0 Å². The molecule has 1 N–H and O–H groups in total. The summed E-state index contributed by atoms with van der Waals surface area (Å²) < 4.78 is 2.13. The van der Waals surface area contributed by atoms with Crippen LogP contribution in [-0.4, -0.2) is 21.3 Å². The molecule has 0 aliphatic rings. The first-order valence-corrected chi connectivity index (χ1v) is 6.46. The van der Waals surface area contributed by atoms with Crippen LogP contribution in [0.15, 0.2) is 24.3 Å². The molecule has 4 heteroatoms. The van der Waals surface area contributed by atoms with Crippen molar-refractivity contribution in [2.24, 2.45) is 0 Å². The molecule has 4 nitrogen and oxygen atoms in total. The van der Waals surface area contributed by atoms with Crippen molar-refractivity contribution >= 4 is 5.95 Å². The molecule has 96 valence electrons. The monoisotopic (exact) mass is 244 g/mol. The van der Waals surface area contributed by atoms with Gasteiger partial charge in [0.05, 0.1) is 0 Å². The molecule has 1 aromatic carbocycles. The number of hydrogen-bond donors (Lipinski definition) is 1. The van der Waals surface area contributed by atoms with Gasteiger partial charge in [-0.25, -0.2) is 0 Å². The van der Waals surface area contributed by atoms with Crippen molar-refractivity contribution in [1.29, 1.82) is 0 Å². The van der Waals surface area contributed by atoms with Gasteiger partial charge >= 0.3 is 0 Å². The average Bonchev–Trinajstić information content (AvgIpc) is 2.75. The van der Waals surface area contributed by atoms with Crippen LogP contribution in [0.2, 0.25) is 0 Å². The molecule has 0 fully saturated rings. The third-order valence-electron chi connectivity index (χ3n) is 2.96. The summed E-state index contributed by atoms with van der Waals surface area (Å²) in [6.45, 7) is 8.03. The smallest absolute Gasteiger partial charge is 0.224 e. The van der Waals surface area contributed by atoms with Crippen LogP contribution >= 0.6 is 0 Å². The lowest BCUT2D eigenvalue weighted by molar-refractivity contribution is 0.716. The van der Waals surface area contributed by atoms with Crippen molar-refractivity contribution < 1.29 is 0 Å². The zero-order chi connectivity index (χ0) is 13.0. The van der Waals surface area contributed by atoms with Gasteiger partial charge < -0.3 is 5.32 Å². The maximum absolute atomic E-state index is 4.27. The summed E-state index contributed by atoms with van der Waals surface area (Å²) in [5.41, 5.74) is 2.55. The molecule has 0 unspecified atom stereocenters. The summed E-state index contributed by atoms with van der Waals surface area (Å²) in [5, 5.41) is 11.7. The van der Waals surface area contributed by atoms with E-state index in [1.165, 1.54) is 11.1 Å². The van der Waals surface area contributed by atoms with Crippen LogP contribution in [0, 0.1) is 6.92 Å². The lowest BCUT2D eigenvalue weighted by Crippen LogP contribution is -2.08. The molecule has 1 heterocycles. The lowest BCUT2D eigenvalue weighted by Gasteiger charge is -2.08. The lowest BCUT2D eigenvalue weighted by atomic mass is 10.1. The summed E-state index contributed by atoms with van der Waals surface area (Å²) in [6.07, 6.45) is 0.826. The van der Waals surface area contributed by atoms with E-state index in [9.17, 15) is 0 Å². The van der Waals surface area contributed by atoms with Gasteiger partial charge in [-0.15, -0.1) is 10.2 Å². The number of nitrogens with zero attached hydrogens (tertiary/aromatic N) is 3. The van der Waals surface area contributed by atoms with E-state index in [1.54, 1.807) is 0 Å². The van der Waals surface area contributed by atoms with E-state index in [4.69, 9.17) is 0 Å². The van der Waals surface area contributed by atoms with Crippen LogP contribution < -0.4 is 5.32 Å². The molecule has 0 aliphatic heterocycles. The Morgan fingerprint density at radius 2 is 1.83 bits per heavy atom. The van der Waals surface area contributed by atoms with Crippen molar-refractivity contribution in [1.82, 2.24) is 14.8 Å². The molecule has 0 radical (unpaired) electrons. The number of hydrogen-bond acceptors (Lipinski definition) is 3. The number of benzene rings is 1. The standard InChI is InChI=1S/C14H20N4/c1-4-15-14-17-16-13(18(14)5-2)10-12-8-6-11(3)7-9-12/h6-9H,4-5,10H2,1-3H3,(H,15,17). The Balaban J connectivity index is 2.20. The van der Waals surface area contributed by atoms with Crippen LogP contribution in [-0.2, 0) is 13.0 Å². The van der Waals surface area contributed by atoms with Crippen LogP contribution in [0.25, 0.3) is 0 Å². The Hall–Kier alpha value is -1.84. The second-order valence-corrected chi connectivity index (χ2v) is 4.38. The highest BCUT2D eigenvalue weighted by atomic mass is 15.3. The molecule has 1 aromatic heterocycles. The SMILES string of the molecule is CCNc1nnc(Cc2ccc(C)cc2)n1CC. The first-order valence-electron chi connectivity index (χ1n) is 6.46. The van der Waals surface area contributed by atoms with Gasteiger partial charge in [0.25, 0.3) is 0 Å². The third-order valence-corrected chi connectivity index (χ3v) is 2.96. The van der Waals surface area contributed by atoms with Gasteiger partial charge in [0, 0.05) is 19.5 Å². The largest absolute Gasteiger partial charge is 0.355 e. The summed E-state index contributed by atoms with van der Waals surface area (Å²) in [6, 6.07) is 8.56. The van der Waals surface area contributed by atoms with Gasteiger partial charge in [-0.3, -0.25) is 4.57 Å². The first kappa shape index (κ1) is 12.6. The van der Waals surface area contributed by atoms with Gasteiger partial charge in [-0.1, -0.05) is 29.8 Å². The first-order chi connectivity index (χ1) is 8.74. The summed E-state index contributed by atoms with van der Waals surface area (Å²) in [4.78, 5) is 0. The molecular formula is C14H20N4. The van der Waals surface area contributed by atoms with Gasteiger partial charge in [-0.05, 0) is 26.3 Å². The molecule has 18 heavy (non-hydrogen) atoms. The Kier molecular flexibility index (Phi) is 3.97. The minimum atomic E-state index is 0.826. The molecule has 2 aromatic rings. The number of nitrogens with one attached hydrogen (secondary N) is 1. The highest BCUT2D eigenvalue weighted by molar-refractivity contribution is 5.29. The maximum atomic E-state index is 4.27. The van der Waals surface area contributed by atoms with Crippen molar-refractivity contribution in [3.8, 4) is 0 Å². The molecule has 0 spiro atoms. The Bertz CT molecular complexity index is 499. The van der Waals surface area contributed by atoms with E-state index in [2.05, 4.69) is 65.1 Å². The second kappa shape index (κ2) is 5.67. The van der Waals surface area contributed by atoms with Crippen molar-refractivity contribution in [2.75, 3.05) is 11.9 Å². The summed E-state index contributed by atoms with van der Waals surface area (Å²) >= 11 is 0. The predicted molar refractivity (Wildman–Crippen MR) is 73.8 cm³/mol. The number of aryl methyl sites for hydroxylation is 1. The van der Waals surface area contributed by atoms with Gasteiger partial charge in [0.1, 0.15) is 5.82 Å². The van der Waals surface area contributed by atoms with Gasteiger partial charge in [-0.2, -0.15) is 0 Å². The van der Waals surface area contributed by atoms with Gasteiger partial charge in [0.2, 0.25) is 5.95 Å². The summed E-state index contributed by atoms with van der Waals surface area (Å²) in [5.74, 6) is 1.87. The highest BCUT2D eigenvalue weighted by Gasteiger charge is 2.10. The molecule has 0 saturated carbocycles. The number of rotatable bonds is 5. The number of aromatic nitrogens is 3. The minimum absolute atomic E-state index is 0.826. The summed E-state index contributed by atoms with van der Waals surface area (Å²) in [7, 11) is 0. The van der Waals surface area contributed by atoms with Crippen molar-refractivity contribution in [3.05, 3.63) is 41.2 Å². The maximum Gasteiger partial charge on any atom is 0.224 e. The normalized spacial score (nSPS) is 10.6. The molecule has 0 aliphatic carbocycles. The molecule has 2 rings (SSSR count). The van der Waals surface area contributed by atoms with Crippen molar-refractivity contribution in [2.45, 2.75) is 33.7 Å².